The predicted octanol–water partition coefficient (Wildman–Crippen LogP) is 0.571. The summed E-state index contributed by atoms with van der Waals surface area (Å²) in [4.78, 5) is 0. The lowest BCUT2D eigenvalue weighted by Gasteiger charge is -1.82. The highest BCUT2D eigenvalue weighted by Gasteiger charge is 2.05. The molecular formula is C4H8B2. The van der Waals surface area contributed by atoms with Crippen LogP contribution >= 0.6 is 0 Å². The Labute approximate surface area is 39.9 Å². The van der Waals surface area contributed by atoms with Gasteiger partial charge in [0.2, 0.25) is 0 Å². The highest BCUT2D eigenvalue weighted by atomic mass is 13.6. The lowest BCUT2D eigenvalue weighted by molar-refractivity contribution is 1.91. The Morgan fingerprint density at radius 1 is 1.83 bits per heavy atom. The van der Waals surface area contributed by atoms with E-state index in [2.05, 4.69) is 18.8 Å². The fourth-order valence-corrected chi connectivity index (χ4v) is 0.784. The maximum atomic E-state index is 2.28. The molecule has 0 bridgehead atoms. The highest BCUT2D eigenvalue weighted by molar-refractivity contribution is 6.78. The van der Waals surface area contributed by atoms with Crippen LogP contribution in [0.15, 0.2) is 12.0 Å². The Hall–Kier alpha value is -0.130. The molecule has 0 spiro atoms. The smallest absolute Gasteiger partial charge is 0.132 e. The summed E-state index contributed by atoms with van der Waals surface area (Å²) in [7, 11) is 1.31. The lowest BCUT2D eigenvalue weighted by Crippen LogP contribution is -1.96. The number of hydrogen-bond donors (Lipinski definition) is 0. The third-order valence-electron chi connectivity index (χ3n) is 1.25. The second kappa shape index (κ2) is 1.55. The van der Waals surface area contributed by atoms with Gasteiger partial charge in [-0.15, -0.1) is 12.0 Å². The van der Waals surface area contributed by atoms with Gasteiger partial charge in [-0.1, -0.05) is 13.0 Å². The molecule has 6 heavy (non-hydrogen) atoms. The molecule has 1 aliphatic rings. The normalized spacial score (nSPS) is 18.5. The number of hydrogen-bond acceptors (Lipinski definition) is 0. The second-order valence-corrected chi connectivity index (χ2v) is 1.98. The Kier molecular flexibility index (Phi) is 1.04. The maximum absolute atomic E-state index is 2.28. The standard InChI is InChI=1S/C4H8B2/c1-6-3-2-5-4-6/h2-3,5H,4H2,1H3. The zero-order chi connectivity index (χ0) is 4.41. The monoisotopic (exact) mass is 78.1 g/mol. The molecule has 0 fully saturated rings. The molecule has 0 atom stereocenters. The van der Waals surface area contributed by atoms with Gasteiger partial charge < -0.3 is 0 Å². The summed E-state index contributed by atoms with van der Waals surface area (Å²) in [6.07, 6.45) is 1.38. The zero-order valence-electron chi connectivity index (χ0n) is 4.15. The van der Waals surface area contributed by atoms with E-state index in [0.29, 0.717) is 0 Å². The van der Waals surface area contributed by atoms with Crippen molar-refractivity contribution in [1.82, 2.24) is 0 Å². The van der Waals surface area contributed by atoms with E-state index in [4.69, 9.17) is 0 Å². The Morgan fingerprint density at radius 3 is 2.83 bits per heavy atom. The van der Waals surface area contributed by atoms with Crippen molar-refractivity contribution in [2.24, 2.45) is 0 Å². The Balaban J connectivity index is 2.38. The number of rotatable bonds is 0. The topological polar surface area (TPSA) is 0 Å². The summed E-state index contributed by atoms with van der Waals surface area (Å²) in [5.74, 6) is 4.53. The van der Waals surface area contributed by atoms with E-state index in [0.717, 1.165) is 6.71 Å². The first-order valence-electron chi connectivity index (χ1n) is 2.56. The molecule has 1 heterocycles. The van der Waals surface area contributed by atoms with E-state index in [1.165, 1.54) is 13.5 Å². The molecule has 0 amide bonds. The first-order valence-corrected chi connectivity index (χ1v) is 2.56. The summed E-state index contributed by atoms with van der Waals surface area (Å²) in [6.45, 7) is 3.12. The van der Waals surface area contributed by atoms with Crippen molar-refractivity contribution in [2.75, 3.05) is 0 Å². The van der Waals surface area contributed by atoms with E-state index in [-0.39, 0.29) is 0 Å². The quantitative estimate of drug-likeness (QED) is 0.371. The second-order valence-electron chi connectivity index (χ2n) is 1.98. The van der Waals surface area contributed by atoms with Gasteiger partial charge in [0.1, 0.15) is 7.28 Å². The molecule has 0 aromatic carbocycles. The van der Waals surface area contributed by atoms with Crippen LogP contribution in [0.2, 0.25) is 13.0 Å². The van der Waals surface area contributed by atoms with Gasteiger partial charge in [-0.2, -0.15) is 0 Å². The Morgan fingerprint density at radius 2 is 2.67 bits per heavy atom. The van der Waals surface area contributed by atoms with Gasteiger partial charge in [0, 0.05) is 0 Å². The Bertz CT molecular complexity index is 67.9. The molecule has 0 aliphatic carbocycles. The lowest BCUT2D eigenvalue weighted by atomic mass is 9.46. The minimum absolute atomic E-state index is 0.866. The molecule has 0 aromatic heterocycles. The van der Waals surface area contributed by atoms with E-state index in [9.17, 15) is 0 Å². The largest absolute Gasteiger partial charge is 0.154 e. The first kappa shape index (κ1) is 4.04. The fourth-order valence-electron chi connectivity index (χ4n) is 0.784. The van der Waals surface area contributed by atoms with Crippen LogP contribution in [0.4, 0.5) is 0 Å². The first-order chi connectivity index (χ1) is 2.89. The maximum Gasteiger partial charge on any atom is 0.154 e. The predicted molar refractivity (Wildman–Crippen MR) is 32.7 cm³/mol. The average molecular weight is 77.7 g/mol. The molecule has 2 heteroatoms. The highest BCUT2D eigenvalue weighted by Crippen LogP contribution is 1.98. The van der Waals surface area contributed by atoms with Gasteiger partial charge in [-0.25, -0.2) is 0 Å². The van der Waals surface area contributed by atoms with Gasteiger partial charge in [-0.05, 0) is 0 Å². The minimum Gasteiger partial charge on any atom is -0.132 e. The van der Waals surface area contributed by atoms with Crippen molar-refractivity contribution in [3.63, 3.8) is 0 Å². The van der Waals surface area contributed by atoms with Gasteiger partial charge in [0.25, 0.3) is 0 Å². The van der Waals surface area contributed by atoms with E-state index in [1.54, 1.807) is 0 Å². The van der Waals surface area contributed by atoms with Crippen molar-refractivity contribution >= 4 is 14.0 Å². The third-order valence-corrected chi connectivity index (χ3v) is 1.25. The summed E-state index contributed by atoms with van der Waals surface area (Å²) < 4.78 is 0. The molecule has 0 N–H and O–H groups in total. The SMILES string of the molecule is CB1C=CBC1. The van der Waals surface area contributed by atoms with Crippen molar-refractivity contribution in [3.05, 3.63) is 12.0 Å². The van der Waals surface area contributed by atoms with Crippen LogP contribution in [-0.2, 0) is 0 Å². The molecule has 0 saturated heterocycles. The van der Waals surface area contributed by atoms with Crippen LogP contribution in [-0.4, -0.2) is 14.0 Å². The van der Waals surface area contributed by atoms with Gasteiger partial charge >= 0.3 is 0 Å². The third kappa shape index (κ3) is 0.675. The van der Waals surface area contributed by atoms with Crippen molar-refractivity contribution < 1.29 is 0 Å². The van der Waals surface area contributed by atoms with Crippen molar-refractivity contribution in [2.45, 2.75) is 13.0 Å². The zero-order valence-corrected chi connectivity index (χ0v) is 4.15. The molecule has 1 rings (SSSR count). The summed E-state index contributed by atoms with van der Waals surface area (Å²) in [6, 6.07) is 0. The molecule has 1 aliphatic heterocycles. The molecule has 0 aromatic rings. The molecule has 30 valence electrons. The van der Waals surface area contributed by atoms with Crippen LogP contribution in [0, 0.1) is 0 Å². The van der Waals surface area contributed by atoms with Crippen LogP contribution in [0.1, 0.15) is 0 Å². The van der Waals surface area contributed by atoms with Crippen LogP contribution in [0.25, 0.3) is 0 Å². The van der Waals surface area contributed by atoms with Gasteiger partial charge in [-0.3, -0.25) is 0 Å². The van der Waals surface area contributed by atoms with E-state index in [1.807, 2.05) is 0 Å². The molecule has 0 radical (unpaired) electrons. The summed E-state index contributed by atoms with van der Waals surface area (Å²) in [5.41, 5.74) is 0. The van der Waals surface area contributed by atoms with Crippen LogP contribution in [0.5, 0.6) is 0 Å². The molecule has 0 nitrogen and oxygen atoms in total. The fraction of sp³-hybridized carbons (Fsp3) is 0.500. The van der Waals surface area contributed by atoms with E-state index >= 15 is 0 Å². The average Bonchev–Trinajstić information content (AvgIpc) is 1.86. The van der Waals surface area contributed by atoms with Gasteiger partial charge in [0.05, 0.1) is 0 Å². The van der Waals surface area contributed by atoms with Crippen LogP contribution < -0.4 is 0 Å². The minimum atomic E-state index is 0.866. The molecular weight excluding hydrogens is 69.7 g/mol. The molecule has 0 saturated carbocycles. The van der Waals surface area contributed by atoms with Crippen molar-refractivity contribution in [3.8, 4) is 0 Å². The summed E-state index contributed by atoms with van der Waals surface area (Å²) >= 11 is 0. The summed E-state index contributed by atoms with van der Waals surface area (Å²) in [5, 5.41) is 0. The van der Waals surface area contributed by atoms with Gasteiger partial charge in [0.15, 0.2) is 6.71 Å². The van der Waals surface area contributed by atoms with Crippen molar-refractivity contribution in [1.29, 1.82) is 0 Å². The van der Waals surface area contributed by atoms with Crippen LogP contribution in [0.3, 0.4) is 0 Å². The van der Waals surface area contributed by atoms with E-state index < -0.39 is 0 Å². The molecule has 0 unspecified atom stereocenters.